The van der Waals surface area contributed by atoms with Crippen molar-refractivity contribution in [3.8, 4) is 11.8 Å². The summed E-state index contributed by atoms with van der Waals surface area (Å²) in [5, 5.41) is 9.12. The standard InChI is InChI=1S/C16H19N3O/c1-12(18)8-15-4-3-7-19(15)11-13-5-6-16(20-2)14(9-13)10-17/h3-7,9,12H,8,11,18H2,1-2H3. The van der Waals surface area contributed by atoms with Gasteiger partial charge in [0.2, 0.25) is 0 Å². The molecule has 0 bridgehead atoms. The molecule has 0 saturated heterocycles. The van der Waals surface area contributed by atoms with Crippen LogP contribution in [0.15, 0.2) is 36.5 Å². The Kier molecular flexibility index (Phi) is 4.44. The van der Waals surface area contributed by atoms with E-state index in [0.717, 1.165) is 18.5 Å². The molecule has 0 spiro atoms. The number of ether oxygens (including phenoxy) is 1. The van der Waals surface area contributed by atoms with Crippen LogP contribution in [0.3, 0.4) is 0 Å². The van der Waals surface area contributed by atoms with Gasteiger partial charge in [-0.3, -0.25) is 0 Å². The molecule has 1 aromatic heterocycles. The largest absolute Gasteiger partial charge is 0.495 e. The van der Waals surface area contributed by atoms with Crippen LogP contribution in [0.25, 0.3) is 0 Å². The van der Waals surface area contributed by atoms with Crippen molar-refractivity contribution in [2.75, 3.05) is 7.11 Å². The van der Waals surface area contributed by atoms with Crippen molar-refractivity contribution in [3.63, 3.8) is 0 Å². The lowest BCUT2D eigenvalue weighted by atomic mass is 10.1. The van der Waals surface area contributed by atoms with E-state index in [4.69, 9.17) is 15.7 Å². The van der Waals surface area contributed by atoms with Crippen molar-refractivity contribution >= 4 is 0 Å². The van der Waals surface area contributed by atoms with Gasteiger partial charge in [-0.05, 0) is 36.8 Å². The van der Waals surface area contributed by atoms with Crippen LogP contribution in [0.4, 0.5) is 0 Å². The van der Waals surface area contributed by atoms with Crippen LogP contribution in [0.1, 0.15) is 23.7 Å². The van der Waals surface area contributed by atoms with E-state index in [1.54, 1.807) is 7.11 Å². The van der Waals surface area contributed by atoms with Crippen molar-refractivity contribution in [1.82, 2.24) is 4.57 Å². The molecule has 0 aliphatic rings. The molecule has 4 nitrogen and oxygen atoms in total. The second-order valence-electron chi connectivity index (χ2n) is 4.96. The maximum absolute atomic E-state index is 9.12. The quantitative estimate of drug-likeness (QED) is 0.906. The second-order valence-corrected chi connectivity index (χ2v) is 4.96. The molecule has 104 valence electrons. The van der Waals surface area contributed by atoms with E-state index in [1.807, 2.05) is 37.4 Å². The first kappa shape index (κ1) is 14.2. The number of benzene rings is 1. The fourth-order valence-electron chi connectivity index (χ4n) is 2.26. The van der Waals surface area contributed by atoms with Crippen molar-refractivity contribution < 1.29 is 4.74 Å². The first-order valence-corrected chi connectivity index (χ1v) is 6.60. The van der Waals surface area contributed by atoms with Gasteiger partial charge in [0.25, 0.3) is 0 Å². The van der Waals surface area contributed by atoms with Crippen LogP contribution in [-0.4, -0.2) is 17.7 Å². The molecule has 1 aromatic carbocycles. The summed E-state index contributed by atoms with van der Waals surface area (Å²) < 4.78 is 7.32. The molecule has 1 heterocycles. The topological polar surface area (TPSA) is 64.0 Å². The van der Waals surface area contributed by atoms with Crippen LogP contribution >= 0.6 is 0 Å². The van der Waals surface area contributed by atoms with E-state index in [2.05, 4.69) is 16.7 Å². The molecule has 1 atom stereocenters. The predicted octanol–water partition coefficient (Wildman–Crippen LogP) is 2.31. The molecule has 0 aliphatic carbocycles. The fourth-order valence-corrected chi connectivity index (χ4v) is 2.26. The molecule has 0 amide bonds. The Morgan fingerprint density at radius 3 is 2.85 bits per heavy atom. The van der Waals surface area contributed by atoms with Crippen LogP contribution in [0, 0.1) is 11.3 Å². The zero-order valence-electron chi connectivity index (χ0n) is 11.8. The monoisotopic (exact) mass is 269 g/mol. The average Bonchev–Trinajstić information content (AvgIpc) is 2.85. The zero-order valence-corrected chi connectivity index (χ0v) is 11.8. The number of aromatic nitrogens is 1. The fraction of sp³-hybridized carbons (Fsp3) is 0.312. The highest BCUT2D eigenvalue weighted by atomic mass is 16.5. The van der Waals surface area contributed by atoms with Gasteiger partial charge in [0, 0.05) is 30.9 Å². The molecule has 4 heteroatoms. The second kappa shape index (κ2) is 6.27. The first-order chi connectivity index (χ1) is 9.63. The van der Waals surface area contributed by atoms with Crippen molar-refractivity contribution in [1.29, 1.82) is 5.26 Å². The Morgan fingerprint density at radius 2 is 2.20 bits per heavy atom. The molecule has 2 aromatic rings. The summed E-state index contributed by atoms with van der Waals surface area (Å²) in [7, 11) is 1.57. The summed E-state index contributed by atoms with van der Waals surface area (Å²) in [5.41, 5.74) is 8.69. The molecule has 0 radical (unpaired) electrons. The van der Waals surface area contributed by atoms with E-state index < -0.39 is 0 Å². The summed E-state index contributed by atoms with van der Waals surface area (Å²) in [6.07, 6.45) is 2.88. The highest BCUT2D eigenvalue weighted by molar-refractivity contribution is 5.45. The number of rotatable bonds is 5. The highest BCUT2D eigenvalue weighted by Crippen LogP contribution is 2.20. The molecule has 2 rings (SSSR count). The van der Waals surface area contributed by atoms with Gasteiger partial charge in [-0.25, -0.2) is 0 Å². The third kappa shape index (κ3) is 3.19. The summed E-state index contributed by atoms with van der Waals surface area (Å²) in [6.45, 7) is 2.73. The third-order valence-corrected chi connectivity index (χ3v) is 3.19. The lowest BCUT2D eigenvalue weighted by Crippen LogP contribution is -2.20. The van der Waals surface area contributed by atoms with E-state index in [-0.39, 0.29) is 6.04 Å². The van der Waals surface area contributed by atoms with Gasteiger partial charge in [-0.2, -0.15) is 5.26 Å². The van der Waals surface area contributed by atoms with Crippen molar-refractivity contribution in [2.45, 2.75) is 25.9 Å². The zero-order chi connectivity index (χ0) is 14.5. The van der Waals surface area contributed by atoms with Gasteiger partial charge in [0.15, 0.2) is 0 Å². The van der Waals surface area contributed by atoms with Gasteiger partial charge < -0.3 is 15.0 Å². The number of nitriles is 1. The number of methoxy groups -OCH3 is 1. The first-order valence-electron chi connectivity index (χ1n) is 6.60. The minimum Gasteiger partial charge on any atom is -0.495 e. The van der Waals surface area contributed by atoms with E-state index in [9.17, 15) is 0 Å². The van der Waals surface area contributed by atoms with Gasteiger partial charge in [-0.1, -0.05) is 6.07 Å². The number of hydrogen-bond acceptors (Lipinski definition) is 3. The van der Waals surface area contributed by atoms with Crippen molar-refractivity contribution in [2.24, 2.45) is 5.73 Å². The molecule has 0 fully saturated rings. The molecular weight excluding hydrogens is 250 g/mol. The molecular formula is C16H19N3O. The smallest absolute Gasteiger partial charge is 0.136 e. The minimum atomic E-state index is 0.134. The van der Waals surface area contributed by atoms with Crippen LogP contribution < -0.4 is 10.5 Å². The summed E-state index contributed by atoms with van der Waals surface area (Å²) >= 11 is 0. The normalized spacial score (nSPS) is 11.9. The molecule has 2 N–H and O–H groups in total. The van der Waals surface area contributed by atoms with Gasteiger partial charge >= 0.3 is 0 Å². The Morgan fingerprint density at radius 1 is 1.40 bits per heavy atom. The van der Waals surface area contributed by atoms with Crippen LogP contribution in [-0.2, 0) is 13.0 Å². The van der Waals surface area contributed by atoms with E-state index in [1.165, 1.54) is 5.69 Å². The van der Waals surface area contributed by atoms with Gasteiger partial charge in [0.05, 0.1) is 12.7 Å². The maximum atomic E-state index is 9.12. The SMILES string of the molecule is COc1ccc(Cn2cccc2CC(C)N)cc1C#N. The Labute approximate surface area is 119 Å². The maximum Gasteiger partial charge on any atom is 0.136 e. The molecule has 0 aliphatic heterocycles. The lowest BCUT2D eigenvalue weighted by molar-refractivity contribution is 0.413. The van der Waals surface area contributed by atoms with E-state index in [0.29, 0.717) is 11.3 Å². The van der Waals surface area contributed by atoms with Gasteiger partial charge in [-0.15, -0.1) is 0 Å². The predicted molar refractivity (Wildman–Crippen MR) is 78.6 cm³/mol. The Balaban J connectivity index is 2.23. The molecule has 0 saturated carbocycles. The molecule has 1 unspecified atom stereocenters. The van der Waals surface area contributed by atoms with Crippen LogP contribution in [0.5, 0.6) is 5.75 Å². The Hall–Kier alpha value is -2.25. The Bertz CT molecular complexity index is 623. The number of nitrogens with two attached hydrogens (primary N) is 1. The molecule has 20 heavy (non-hydrogen) atoms. The summed E-state index contributed by atoms with van der Waals surface area (Å²) in [5.74, 6) is 0.611. The number of hydrogen-bond donors (Lipinski definition) is 1. The van der Waals surface area contributed by atoms with Crippen LogP contribution in [0.2, 0.25) is 0 Å². The summed E-state index contributed by atoms with van der Waals surface area (Å²) in [4.78, 5) is 0. The van der Waals surface area contributed by atoms with E-state index >= 15 is 0 Å². The average molecular weight is 269 g/mol. The van der Waals surface area contributed by atoms with Gasteiger partial charge in [0.1, 0.15) is 11.8 Å². The van der Waals surface area contributed by atoms with Crippen molar-refractivity contribution in [3.05, 3.63) is 53.3 Å². The third-order valence-electron chi connectivity index (χ3n) is 3.19. The minimum absolute atomic E-state index is 0.134. The highest BCUT2D eigenvalue weighted by Gasteiger charge is 2.07. The lowest BCUT2D eigenvalue weighted by Gasteiger charge is -2.12. The number of nitrogens with zero attached hydrogens (tertiary/aromatic N) is 2. The summed E-state index contributed by atoms with van der Waals surface area (Å²) in [6, 6.07) is 12.1.